The number of nitrogens with zero attached hydrogens (tertiary/aromatic N) is 4. The molecule has 2 aromatic rings. The molecule has 1 aromatic heterocycles. The maximum Gasteiger partial charge on any atom is 0.222 e. The second-order valence-electron chi connectivity index (χ2n) is 6.70. The van der Waals surface area contributed by atoms with Crippen LogP contribution < -0.4 is 15.4 Å². The van der Waals surface area contributed by atoms with E-state index in [0.29, 0.717) is 42.8 Å². The first-order valence-corrected chi connectivity index (χ1v) is 8.71. The lowest BCUT2D eigenvalue weighted by molar-refractivity contribution is 0.0802. The number of aromatic nitrogens is 2. The first-order chi connectivity index (χ1) is 12.9. The van der Waals surface area contributed by atoms with E-state index >= 15 is 0 Å². The van der Waals surface area contributed by atoms with E-state index in [1.165, 1.54) is 13.2 Å². The molecule has 3 rings (SSSR count). The number of nitrogen functional groups attached to an aromatic ring is 1. The quantitative estimate of drug-likeness (QED) is 0.882. The maximum atomic E-state index is 14.3. The number of benzene rings is 1. The average Bonchev–Trinajstić information content (AvgIpc) is 2.66. The highest BCUT2D eigenvalue weighted by Gasteiger charge is 2.27. The Kier molecular flexibility index (Phi) is 5.42. The number of hydrogen-bond donors (Lipinski definition) is 1. The highest BCUT2D eigenvalue weighted by molar-refractivity contribution is 5.68. The smallest absolute Gasteiger partial charge is 0.222 e. The Labute approximate surface area is 157 Å². The number of rotatable bonds is 4. The summed E-state index contributed by atoms with van der Waals surface area (Å²) in [4.78, 5) is 10.8. The van der Waals surface area contributed by atoms with E-state index in [1.54, 1.807) is 18.2 Å². The summed E-state index contributed by atoms with van der Waals surface area (Å²) in [5.74, 6) is 0.607. The molecule has 0 bridgehead atoms. The Balaban J connectivity index is 2.06. The molecule has 2 heterocycles. The Morgan fingerprint density at radius 3 is 2.81 bits per heavy atom. The van der Waals surface area contributed by atoms with Gasteiger partial charge in [-0.05, 0) is 18.1 Å². The average molecular weight is 371 g/mol. The molecule has 0 aliphatic carbocycles. The van der Waals surface area contributed by atoms with Crippen LogP contribution in [0.2, 0.25) is 0 Å². The summed E-state index contributed by atoms with van der Waals surface area (Å²) in [6.07, 6.45) is 0. The highest BCUT2D eigenvalue weighted by Crippen LogP contribution is 2.31. The van der Waals surface area contributed by atoms with E-state index < -0.39 is 5.82 Å². The first-order valence-electron chi connectivity index (χ1n) is 8.71. The molecule has 8 heteroatoms. The number of nitriles is 1. The Bertz CT molecular complexity index is 881. The summed E-state index contributed by atoms with van der Waals surface area (Å²) in [7, 11) is 1.39. The van der Waals surface area contributed by atoms with E-state index in [4.69, 9.17) is 20.5 Å². The third kappa shape index (κ3) is 3.78. The monoisotopic (exact) mass is 371 g/mol. The minimum Gasteiger partial charge on any atom is -0.495 e. The van der Waals surface area contributed by atoms with E-state index in [1.807, 2.05) is 0 Å². The highest BCUT2D eigenvalue weighted by atomic mass is 19.1. The van der Waals surface area contributed by atoms with E-state index in [2.05, 4.69) is 28.7 Å². The molecule has 2 N–H and O–H groups in total. The molecule has 0 amide bonds. The van der Waals surface area contributed by atoms with Gasteiger partial charge in [-0.1, -0.05) is 13.8 Å². The topological polar surface area (TPSA) is 97.3 Å². The molecule has 0 unspecified atom stereocenters. The van der Waals surface area contributed by atoms with Gasteiger partial charge in [-0.3, -0.25) is 0 Å². The summed E-state index contributed by atoms with van der Waals surface area (Å²) in [6.45, 7) is 6.14. The van der Waals surface area contributed by atoms with Crippen molar-refractivity contribution in [3.8, 4) is 23.1 Å². The molecule has 1 saturated heterocycles. The fourth-order valence-corrected chi connectivity index (χ4v) is 3.21. The van der Waals surface area contributed by atoms with Gasteiger partial charge in [-0.2, -0.15) is 10.2 Å². The van der Waals surface area contributed by atoms with Gasteiger partial charge in [0.2, 0.25) is 5.95 Å². The number of ether oxygens (including phenoxy) is 2. The van der Waals surface area contributed by atoms with Crippen molar-refractivity contribution >= 4 is 11.8 Å². The number of anilines is 2. The van der Waals surface area contributed by atoms with Crippen LogP contribution in [0.4, 0.5) is 16.2 Å². The molecular formula is C19H22FN5O2. The molecule has 0 spiro atoms. The lowest BCUT2D eigenvalue weighted by Gasteiger charge is -2.39. The number of methoxy groups -OCH3 is 1. The first kappa shape index (κ1) is 18.9. The Morgan fingerprint density at radius 2 is 2.15 bits per heavy atom. The van der Waals surface area contributed by atoms with Gasteiger partial charge in [0.25, 0.3) is 0 Å². The molecule has 1 aliphatic rings. The van der Waals surface area contributed by atoms with Crippen LogP contribution in [0, 0.1) is 23.1 Å². The standard InChI is InChI=1S/C19H22FN5O2/c1-11(2)16-10-27-5-4-25(16)18-8-15(23-19(22)24-18)12-6-14(20)13(9-21)17(7-12)26-3/h6-8,11,16H,4-5,10H2,1-3H3,(H2,22,23,24)/t16-/m0/s1. The second kappa shape index (κ2) is 7.76. The van der Waals surface area contributed by atoms with E-state index in [9.17, 15) is 4.39 Å². The van der Waals surface area contributed by atoms with Crippen molar-refractivity contribution in [2.24, 2.45) is 5.92 Å². The number of nitrogens with two attached hydrogens (primary N) is 1. The van der Waals surface area contributed by atoms with Gasteiger partial charge in [-0.15, -0.1) is 0 Å². The Morgan fingerprint density at radius 1 is 1.37 bits per heavy atom. The fourth-order valence-electron chi connectivity index (χ4n) is 3.21. The van der Waals surface area contributed by atoms with Crippen LogP contribution in [0.3, 0.4) is 0 Å². The molecule has 142 valence electrons. The lowest BCUT2D eigenvalue weighted by Crippen LogP contribution is -2.48. The van der Waals surface area contributed by atoms with Gasteiger partial charge in [0, 0.05) is 18.2 Å². The van der Waals surface area contributed by atoms with Gasteiger partial charge >= 0.3 is 0 Å². The summed E-state index contributed by atoms with van der Waals surface area (Å²) in [6, 6.07) is 6.57. The van der Waals surface area contributed by atoms with Crippen molar-refractivity contribution in [3.63, 3.8) is 0 Å². The van der Waals surface area contributed by atoms with Gasteiger partial charge in [0.15, 0.2) is 0 Å². The number of halogens is 1. The molecule has 1 aromatic carbocycles. The van der Waals surface area contributed by atoms with Crippen LogP contribution in [0.5, 0.6) is 5.75 Å². The molecule has 7 nitrogen and oxygen atoms in total. The van der Waals surface area contributed by atoms with Gasteiger partial charge < -0.3 is 20.1 Å². The van der Waals surface area contributed by atoms with Crippen LogP contribution in [0.25, 0.3) is 11.3 Å². The summed E-state index contributed by atoms with van der Waals surface area (Å²) < 4.78 is 25.0. The SMILES string of the molecule is COc1cc(-c2cc(N3CCOC[C@H]3C(C)C)nc(N)n2)cc(F)c1C#N. The van der Waals surface area contributed by atoms with Crippen molar-refractivity contribution in [1.82, 2.24) is 9.97 Å². The van der Waals surface area contributed by atoms with Gasteiger partial charge in [0.05, 0.1) is 32.1 Å². The molecule has 0 saturated carbocycles. The molecular weight excluding hydrogens is 349 g/mol. The van der Waals surface area contributed by atoms with Crippen molar-refractivity contribution in [2.45, 2.75) is 19.9 Å². The molecule has 1 atom stereocenters. The number of hydrogen-bond acceptors (Lipinski definition) is 7. The van der Waals surface area contributed by atoms with Crippen LogP contribution >= 0.6 is 0 Å². The zero-order valence-corrected chi connectivity index (χ0v) is 15.6. The maximum absolute atomic E-state index is 14.3. The third-order valence-corrected chi connectivity index (χ3v) is 4.64. The van der Waals surface area contributed by atoms with Crippen LogP contribution in [-0.2, 0) is 4.74 Å². The normalized spacial score (nSPS) is 17.0. The molecule has 27 heavy (non-hydrogen) atoms. The molecule has 0 radical (unpaired) electrons. The fraction of sp³-hybridized carbons (Fsp3) is 0.421. The minimum absolute atomic E-state index is 0.0974. The summed E-state index contributed by atoms with van der Waals surface area (Å²) in [5, 5.41) is 9.10. The predicted octanol–water partition coefficient (Wildman–Crippen LogP) is 2.61. The largest absolute Gasteiger partial charge is 0.495 e. The summed E-state index contributed by atoms with van der Waals surface area (Å²) in [5.41, 5.74) is 6.72. The van der Waals surface area contributed by atoms with E-state index in [-0.39, 0.29) is 23.3 Å². The zero-order valence-electron chi connectivity index (χ0n) is 15.6. The van der Waals surface area contributed by atoms with Gasteiger partial charge in [0.1, 0.15) is 29.0 Å². The van der Waals surface area contributed by atoms with E-state index in [0.717, 1.165) is 0 Å². The molecule has 1 aliphatic heterocycles. The van der Waals surface area contributed by atoms with Crippen LogP contribution in [0.15, 0.2) is 18.2 Å². The Hall–Kier alpha value is -2.92. The predicted molar refractivity (Wildman–Crippen MR) is 99.9 cm³/mol. The third-order valence-electron chi connectivity index (χ3n) is 4.64. The van der Waals surface area contributed by atoms with Crippen molar-refractivity contribution in [2.75, 3.05) is 37.5 Å². The van der Waals surface area contributed by atoms with Crippen LogP contribution in [-0.4, -0.2) is 42.9 Å². The van der Waals surface area contributed by atoms with Crippen LogP contribution in [0.1, 0.15) is 19.4 Å². The second-order valence-corrected chi connectivity index (χ2v) is 6.70. The zero-order chi connectivity index (χ0) is 19.6. The number of morpholine rings is 1. The summed E-state index contributed by atoms with van der Waals surface area (Å²) >= 11 is 0. The van der Waals surface area contributed by atoms with Crippen molar-refractivity contribution in [3.05, 3.63) is 29.6 Å². The van der Waals surface area contributed by atoms with Gasteiger partial charge in [-0.25, -0.2) is 9.37 Å². The minimum atomic E-state index is -0.669. The van der Waals surface area contributed by atoms with Crippen molar-refractivity contribution < 1.29 is 13.9 Å². The molecule has 1 fully saturated rings. The lowest BCUT2D eigenvalue weighted by atomic mass is 10.0. The van der Waals surface area contributed by atoms with Crippen molar-refractivity contribution in [1.29, 1.82) is 5.26 Å².